The van der Waals surface area contributed by atoms with Crippen LogP contribution in [0.2, 0.25) is 0 Å². The monoisotopic (exact) mass is 335 g/mol. The largest absolute Gasteiger partial charge is 0.354 e. The van der Waals surface area contributed by atoms with Gasteiger partial charge in [-0.05, 0) is 24.5 Å². The highest BCUT2D eigenvalue weighted by atomic mass is 16.5. The maximum absolute atomic E-state index is 12.2. The van der Waals surface area contributed by atoms with Crippen molar-refractivity contribution >= 4 is 11.8 Å². The molecule has 128 valence electrons. The van der Waals surface area contributed by atoms with E-state index in [9.17, 15) is 4.79 Å². The lowest BCUT2D eigenvalue weighted by molar-refractivity contribution is 0.249. The van der Waals surface area contributed by atoms with E-state index in [2.05, 4.69) is 34.8 Å². The molecule has 1 unspecified atom stereocenters. The number of nitrogens with zero attached hydrogens (tertiary/aromatic N) is 1. The molecular formula is C20H21N3O2. The molecule has 0 radical (unpaired) electrons. The highest BCUT2D eigenvalue weighted by molar-refractivity contribution is 5.89. The van der Waals surface area contributed by atoms with Crippen LogP contribution in [0.1, 0.15) is 31.0 Å². The average molecular weight is 335 g/mol. The van der Waals surface area contributed by atoms with Crippen molar-refractivity contribution in [1.82, 2.24) is 10.5 Å². The number of anilines is 1. The molecule has 0 aliphatic carbocycles. The van der Waals surface area contributed by atoms with Crippen LogP contribution in [-0.4, -0.2) is 11.2 Å². The van der Waals surface area contributed by atoms with Gasteiger partial charge in [-0.2, -0.15) is 0 Å². The molecule has 0 aliphatic rings. The van der Waals surface area contributed by atoms with E-state index in [4.69, 9.17) is 4.52 Å². The van der Waals surface area contributed by atoms with Gasteiger partial charge in [0, 0.05) is 11.6 Å². The number of benzene rings is 2. The van der Waals surface area contributed by atoms with Crippen molar-refractivity contribution in [2.45, 2.75) is 26.3 Å². The van der Waals surface area contributed by atoms with E-state index in [1.807, 2.05) is 49.4 Å². The van der Waals surface area contributed by atoms with Gasteiger partial charge in [0.15, 0.2) is 11.6 Å². The summed E-state index contributed by atoms with van der Waals surface area (Å²) in [5.74, 6) is 0.990. The molecule has 3 aromatic rings. The molecule has 0 spiro atoms. The van der Waals surface area contributed by atoms with E-state index in [-0.39, 0.29) is 12.1 Å². The summed E-state index contributed by atoms with van der Waals surface area (Å²) in [6, 6.07) is 19.1. The third-order valence-corrected chi connectivity index (χ3v) is 4.05. The van der Waals surface area contributed by atoms with Gasteiger partial charge in [0.25, 0.3) is 0 Å². The lowest BCUT2D eigenvalue weighted by Crippen LogP contribution is -2.31. The number of urea groups is 1. The van der Waals surface area contributed by atoms with Gasteiger partial charge >= 0.3 is 6.03 Å². The summed E-state index contributed by atoms with van der Waals surface area (Å²) in [5.41, 5.74) is 3.24. The van der Waals surface area contributed by atoms with Gasteiger partial charge in [0.05, 0.1) is 6.04 Å². The van der Waals surface area contributed by atoms with Crippen molar-refractivity contribution in [3.63, 3.8) is 0 Å². The Hall–Kier alpha value is -3.08. The highest BCUT2D eigenvalue weighted by Crippen LogP contribution is 2.22. The first kappa shape index (κ1) is 16.8. The minimum Gasteiger partial charge on any atom is -0.354 e. The molecule has 2 aromatic carbocycles. The molecule has 1 aromatic heterocycles. The summed E-state index contributed by atoms with van der Waals surface area (Å²) in [4.78, 5) is 12.2. The molecule has 5 heteroatoms. The third-order valence-electron chi connectivity index (χ3n) is 4.05. The number of hydrogen-bond donors (Lipinski definition) is 2. The second kappa shape index (κ2) is 7.66. The fourth-order valence-corrected chi connectivity index (χ4v) is 2.55. The van der Waals surface area contributed by atoms with Gasteiger partial charge in [-0.1, -0.05) is 66.7 Å². The van der Waals surface area contributed by atoms with E-state index in [1.54, 1.807) is 6.07 Å². The summed E-state index contributed by atoms with van der Waals surface area (Å²) in [6.45, 7) is 4.06. The van der Waals surface area contributed by atoms with Crippen LogP contribution in [0.15, 0.2) is 65.2 Å². The molecule has 0 saturated heterocycles. The number of rotatable bonds is 5. The first-order chi connectivity index (χ1) is 12.2. The number of aryl methyl sites for hydroxylation is 1. The van der Waals surface area contributed by atoms with Crippen molar-refractivity contribution in [2.75, 3.05) is 5.32 Å². The van der Waals surface area contributed by atoms with E-state index in [0.29, 0.717) is 11.6 Å². The topological polar surface area (TPSA) is 67.2 Å². The number of hydrogen-bond acceptors (Lipinski definition) is 3. The van der Waals surface area contributed by atoms with Crippen LogP contribution in [0.5, 0.6) is 0 Å². The van der Waals surface area contributed by atoms with Gasteiger partial charge in [0.2, 0.25) is 0 Å². The molecule has 1 atom stereocenters. The maximum atomic E-state index is 12.2. The number of aromatic nitrogens is 1. The third kappa shape index (κ3) is 4.26. The van der Waals surface area contributed by atoms with Crippen LogP contribution in [0.25, 0.3) is 11.3 Å². The minimum absolute atomic E-state index is 0.105. The molecule has 1 heterocycles. The number of carbonyl (C=O) groups is 1. The Labute approximate surface area is 147 Å². The van der Waals surface area contributed by atoms with Gasteiger partial charge in [-0.3, -0.25) is 5.32 Å². The molecular weight excluding hydrogens is 314 g/mol. The van der Waals surface area contributed by atoms with Crippen LogP contribution in [0, 0.1) is 0 Å². The molecule has 5 nitrogen and oxygen atoms in total. The zero-order chi connectivity index (χ0) is 17.6. The molecule has 0 bridgehead atoms. The fraction of sp³-hybridized carbons (Fsp3) is 0.200. The summed E-state index contributed by atoms with van der Waals surface area (Å²) < 4.78 is 5.27. The molecule has 3 rings (SSSR count). The summed E-state index contributed by atoms with van der Waals surface area (Å²) in [5, 5.41) is 9.49. The molecule has 2 N–H and O–H groups in total. The summed E-state index contributed by atoms with van der Waals surface area (Å²) in [6.07, 6.45) is 0.998. The van der Waals surface area contributed by atoms with Crippen LogP contribution in [0.3, 0.4) is 0 Å². The zero-order valence-corrected chi connectivity index (χ0v) is 14.3. The average Bonchev–Trinajstić information content (AvgIpc) is 3.10. The Balaban J connectivity index is 1.59. The molecule has 0 saturated carbocycles. The standard InChI is InChI=1S/C20H21N3O2/c1-3-15-9-11-16(12-10-15)14(2)21-20(24)22-19-13-18(25-23-19)17-7-5-4-6-8-17/h4-14H,3H2,1-2H3,(H2,21,22,23,24). The van der Waals surface area contributed by atoms with Gasteiger partial charge < -0.3 is 9.84 Å². The van der Waals surface area contributed by atoms with Gasteiger partial charge in [0.1, 0.15) is 0 Å². The maximum Gasteiger partial charge on any atom is 0.320 e. The number of nitrogens with one attached hydrogen (secondary N) is 2. The van der Waals surface area contributed by atoms with Crippen molar-refractivity contribution in [2.24, 2.45) is 0 Å². The molecule has 0 aliphatic heterocycles. The van der Waals surface area contributed by atoms with Crippen LogP contribution in [0.4, 0.5) is 10.6 Å². The van der Waals surface area contributed by atoms with Crippen molar-refractivity contribution < 1.29 is 9.32 Å². The Bertz CT molecular complexity index is 826. The fourth-order valence-electron chi connectivity index (χ4n) is 2.55. The summed E-state index contributed by atoms with van der Waals surface area (Å²) >= 11 is 0. The van der Waals surface area contributed by atoms with Gasteiger partial charge in [-0.15, -0.1) is 0 Å². The Morgan fingerprint density at radius 1 is 1.12 bits per heavy atom. The van der Waals surface area contributed by atoms with Crippen molar-refractivity contribution in [3.8, 4) is 11.3 Å². The first-order valence-electron chi connectivity index (χ1n) is 8.34. The smallest absolute Gasteiger partial charge is 0.320 e. The Morgan fingerprint density at radius 2 is 1.84 bits per heavy atom. The minimum atomic E-state index is -0.319. The lowest BCUT2D eigenvalue weighted by Gasteiger charge is -2.14. The predicted molar refractivity (Wildman–Crippen MR) is 98.3 cm³/mol. The second-order valence-corrected chi connectivity index (χ2v) is 5.86. The predicted octanol–water partition coefficient (Wildman–Crippen LogP) is 4.79. The van der Waals surface area contributed by atoms with Crippen molar-refractivity contribution in [1.29, 1.82) is 0 Å². The van der Waals surface area contributed by atoms with Crippen molar-refractivity contribution in [3.05, 3.63) is 71.8 Å². The van der Waals surface area contributed by atoms with E-state index in [0.717, 1.165) is 17.5 Å². The SMILES string of the molecule is CCc1ccc(C(C)NC(=O)Nc2cc(-c3ccccc3)on2)cc1. The summed E-state index contributed by atoms with van der Waals surface area (Å²) in [7, 11) is 0. The number of carbonyl (C=O) groups excluding carboxylic acids is 1. The van der Waals surface area contributed by atoms with E-state index in [1.165, 1.54) is 5.56 Å². The molecule has 0 fully saturated rings. The van der Waals surface area contributed by atoms with Crippen LogP contribution >= 0.6 is 0 Å². The zero-order valence-electron chi connectivity index (χ0n) is 14.3. The molecule has 25 heavy (non-hydrogen) atoms. The lowest BCUT2D eigenvalue weighted by atomic mass is 10.1. The Kier molecular flexibility index (Phi) is 5.14. The van der Waals surface area contributed by atoms with Gasteiger partial charge in [-0.25, -0.2) is 4.79 Å². The number of amides is 2. The molecule has 2 amide bonds. The van der Waals surface area contributed by atoms with E-state index >= 15 is 0 Å². The van der Waals surface area contributed by atoms with E-state index < -0.39 is 0 Å². The van der Waals surface area contributed by atoms with Crippen LogP contribution < -0.4 is 10.6 Å². The quantitative estimate of drug-likeness (QED) is 0.704. The normalized spacial score (nSPS) is 11.8. The van der Waals surface area contributed by atoms with Crippen LogP contribution in [-0.2, 0) is 6.42 Å². The first-order valence-corrected chi connectivity index (χ1v) is 8.34. The second-order valence-electron chi connectivity index (χ2n) is 5.86. The highest BCUT2D eigenvalue weighted by Gasteiger charge is 2.12. The Morgan fingerprint density at radius 3 is 2.52 bits per heavy atom.